The molecule has 2 rings (SSSR count). The maximum atomic E-state index is 10.7. The molecule has 0 amide bonds. The van der Waals surface area contributed by atoms with Crippen molar-refractivity contribution in [3.05, 3.63) is 47.5 Å². The summed E-state index contributed by atoms with van der Waals surface area (Å²) in [5.74, 6) is 1.24. The molecule has 0 aromatic heterocycles. The van der Waals surface area contributed by atoms with Crippen LogP contribution in [0.5, 0.6) is 11.5 Å². The summed E-state index contributed by atoms with van der Waals surface area (Å²) in [6.45, 7) is 4.52. The van der Waals surface area contributed by atoms with Gasteiger partial charge in [-0.15, -0.1) is 0 Å². The number of methoxy groups -OCH3 is 1. The number of aryl methyl sites for hydroxylation is 2. The van der Waals surface area contributed by atoms with E-state index in [-0.39, 0.29) is 0 Å². The Kier molecular flexibility index (Phi) is 10.7. The van der Waals surface area contributed by atoms with Gasteiger partial charge in [-0.25, -0.2) is 0 Å². The van der Waals surface area contributed by atoms with Gasteiger partial charge in [-0.1, -0.05) is 77.3 Å². The number of hydrogen-bond acceptors (Lipinski definition) is 2. The molecule has 0 bridgehead atoms. The smallest absolute Gasteiger partial charge is 0.123 e. The third kappa shape index (κ3) is 7.76. The van der Waals surface area contributed by atoms with Gasteiger partial charge < -0.3 is 9.84 Å². The highest BCUT2D eigenvalue weighted by Gasteiger charge is 2.11. The molecule has 2 heteroatoms. The van der Waals surface area contributed by atoms with E-state index in [9.17, 15) is 5.11 Å². The van der Waals surface area contributed by atoms with Gasteiger partial charge in [-0.05, 0) is 66.6 Å². The number of phenolic OH excluding ortho intramolecular Hbond substituents is 1. The molecule has 0 aliphatic rings. The van der Waals surface area contributed by atoms with Crippen LogP contribution >= 0.6 is 0 Å². The summed E-state index contributed by atoms with van der Waals surface area (Å²) < 4.78 is 5.27. The molecular formula is C27H40O2. The Morgan fingerprint density at radius 1 is 0.690 bits per heavy atom. The molecule has 0 aliphatic carbocycles. The summed E-state index contributed by atoms with van der Waals surface area (Å²) in [6.07, 6.45) is 15.1. The summed E-state index contributed by atoms with van der Waals surface area (Å²) in [6, 6.07) is 12.2. The van der Waals surface area contributed by atoms with Crippen molar-refractivity contribution in [1.29, 1.82) is 0 Å². The fourth-order valence-electron chi connectivity index (χ4n) is 3.98. The van der Waals surface area contributed by atoms with Crippen molar-refractivity contribution in [3.8, 4) is 22.6 Å². The van der Waals surface area contributed by atoms with Crippen molar-refractivity contribution in [3.63, 3.8) is 0 Å². The number of rotatable bonds is 14. The molecule has 2 aromatic carbocycles. The van der Waals surface area contributed by atoms with Crippen LogP contribution in [-0.2, 0) is 12.8 Å². The molecule has 0 heterocycles. The molecule has 0 atom stereocenters. The van der Waals surface area contributed by atoms with Gasteiger partial charge in [0, 0.05) is 5.56 Å². The first-order valence-corrected chi connectivity index (χ1v) is 11.7. The van der Waals surface area contributed by atoms with Crippen molar-refractivity contribution in [2.75, 3.05) is 7.11 Å². The first-order valence-electron chi connectivity index (χ1n) is 11.7. The average molecular weight is 397 g/mol. The quantitative estimate of drug-likeness (QED) is 0.327. The van der Waals surface area contributed by atoms with Crippen LogP contribution in [0.1, 0.15) is 89.2 Å². The molecular weight excluding hydrogens is 356 g/mol. The molecule has 0 fully saturated rings. The van der Waals surface area contributed by atoms with Crippen LogP contribution in [-0.4, -0.2) is 12.2 Å². The van der Waals surface area contributed by atoms with Gasteiger partial charge in [-0.2, -0.15) is 0 Å². The van der Waals surface area contributed by atoms with E-state index in [0.717, 1.165) is 29.7 Å². The van der Waals surface area contributed by atoms with Gasteiger partial charge in [0.05, 0.1) is 7.11 Å². The molecule has 160 valence electrons. The molecule has 0 saturated carbocycles. The summed E-state index contributed by atoms with van der Waals surface area (Å²) in [7, 11) is 1.68. The van der Waals surface area contributed by atoms with E-state index in [1.54, 1.807) is 7.11 Å². The number of ether oxygens (including phenoxy) is 1. The zero-order valence-electron chi connectivity index (χ0n) is 18.8. The van der Waals surface area contributed by atoms with Gasteiger partial charge in [-0.3, -0.25) is 0 Å². The average Bonchev–Trinajstić information content (AvgIpc) is 2.74. The lowest BCUT2D eigenvalue weighted by Gasteiger charge is -2.15. The molecule has 1 N–H and O–H groups in total. The summed E-state index contributed by atoms with van der Waals surface area (Å²) in [4.78, 5) is 0. The topological polar surface area (TPSA) is 29.5 Å². The lowest BCUT2D eigenvalue weighted by molar-refractivity contribution is 0.415. The van der Waals surface area contributed by atoms with Crippen LogP contribution in [0.3, 0.4) is 0 Å². The Morgan fingerprint density at radius 2 is 1.21 bits per heavy atom. The van der Waals surface area contributed by atoms with Gasteiger partial charge in [0.2, 0.25) is 0 Å². The Morgan fingerprint density at radius 3 is 1.72 bits per heavy atom. The SMILES string of the molecule is CCCCCCCc1cc(O)c(-c2ccc(OC)cc2)cc1CCCCCCC. The van der Waals surface area contributed by atoms with E-state index in [2.05, 4.69) is 19.9 Å². The van der Waals surface area contributed by atoms with Gasteiger partial charge in [0.1, 0.15) is 11.5 Å². The third-order valence-electron chi connectivity index (χ3n) is 5.82. The zero-order chi connectivity index (χ0) is 20.9. The predicted octanol–water partition coefficient (Wildman–Crippen LogP) is 8.09. The minimum atomic E-state index is 0.397. The fourth-order valence-corrected chi connectivity index (χ4v) is 3.98. The number of phenols is 1. The molecule has 0 aliphatic heterocycles. The lowest BCUT2D eigenvalue weighted by atomic mass is 9.92. The van der Waals surface area contributed by atoms with Crippen LogP contribution in [0, 0.1) is 0 Å². The van der Waals surface area contributed by atoms with E-state index in [4.69, 9.17) is 4.74 Å². The standard InChI is InChI=1S/C27H40O2/c1-4-6-8-10-12-14-23-20-26(22-16-18-25(29-3)19-17-22)27(28)21-24(23)15-13-11-9-7-5-2/h16-21,28H,4-15H2,1-3H3. The van der Waals surface area contributed by atoms with Crippen molar-refractivity contribution in [1.82, 2.24) is 0 Å². The Bertz CT molecular complexity index is 703. The minimum Gasteiger partial charge on any atom is -0.507 e. The first-order chi connectivity index (χ1) is 14.2. The summed E-state index contributed by atoms with van der Waals surface area (Å²) >= 11 is 0. The second-order valence-corrected chi connectivity index (χ2v) is 8.19. The molecule has 0 saturated heterocycles. The lowest BCUT2D eigenvalue weighted by Crippen LogP contribution is -1.98. The summed E-state index contributed by atoms with van der Waals surface area (Å²) in [5.41, 5.74) is 4.74. The van der Waals surface area contributed by atoms with Crippen molar-refractivity contribution >= 4 is 0 Å². The largest absolute Gasteiger partial charge is 0.507 e. The van der Waals surface area contributed by atoms with E-state index in [1.165, 1.54) is 75.3 Å². The van der Waals surface area contributed by atoms with E-state index in [1.807, 2.05) is 30.3 Å². The van der Waals surface area contributed by atoms with Crippen molar-refractivity contribution in [2.24, 2.45) is 0 Å². The highest BCUT2D eigenvalue weighted by Crippen LogP contribution is 2.34. The van der Waals surface area contributed by atoms with Crippen LogP contribution in [0.15, 0.2) is 36.4 Å². The molecule has 0 unspecified atom stereocenters. The number of benzene rings is 2. The molecule has 2 aromatic rings. The maximum Gasteiger partial charge on any atom is 0.123 e. The van der Waals surface area contributed by atoms with Crippen molar-refractivity contribution < 1.29 is 9.84 Å². The molecule has 0 radical (unpaired) electrons. The first kappa shape index (κ1) is 23.3. The van der Waals surface area contributed by atoms with Crippen LogP contribution < -0.4 is 4.74 Å². The normalized spacial score (nSPS) is 11.0. The molecule has 2 nitrogen and oxygen atoms in total. The Hall–Kier alpha value is -1.96. The second-order valence-electron chi connectivity index (χ2n) is 8.19. The Labute approximate surface area is 178 Å². The zero-order valence-corrected chi connectivity index (χ0v) is 18.8. The number of unbranched alkanes of at least 4 members (excludes halogenated alkanes) is 8. The fraction of sp³-hybridized carbons (Fsp3) is 0.556. The number of hydrogen-bond donors (Lipinski definition) is 1. The van der Waals surface area contributed by atoms with Gasteiger partial charge >= 0.3 is 0 Å². The van der Waals surface area contributed by atoms with Crippen LogP contribution in [0.2, 0.25) is 0 Å². The maximum absolute atomic E-state index is 10.7. The monoisotopic (exact) mass is 396 g/mol. The highest BCUT2D eigenvalue weighted by molar-refractivity contribution is 5.72. The number of aromatic hydroxyl groups is 1. The third-order valence-corrected chi connectivity index (χ3v) is 5.82. The van der Waals surface area contributed by atoms with E-state index in [0.29, 0.717) is 5.75 Å². The Balaban J connectivity index is 2.15. The van der Waals surface area contributed by atoms with Gasteiger partial charge in [0.25, 0.3) is 0 Å². The second kappa shape index (κ2) is 13.3. The molecule has 29 heavy (non-hydrogen) atoms. The van der Waals surface area contributed by atoms with Crippen molar-refractivity contribution in [2.45, 2.75) is 90.9 Å². The predicted molar refractivity (Wildman–Crippen MR) is 125 cm³/mol. The van der Waals surface area contributed by atoms with Gasteiger partial charge in [0.15, 0.2) is 0 Å². The highest BCUT2D eigenvalue weighted by atomic mass is 16.5. The van der Waals surface area contributed by atoms with E-state index < -0.39 is 0 Å². The molecule has 0 spiro atoms. The van der Waals surface area contributed by atoms with E-state index >= 15 is 0 Å². The van der Waals surface area contributed by atoms with Crippen LogP contribution in [0.4, 0.5) is 0 Å². The summed E-state index contributed by atoms with van der Waals surface area (Å²) in [5, 5.41) is 10.7. The minimum absolute atomic E-state index is 0.397. The van der Waals surface area contributed by atoms with Crippen LogP contribution in [0.25, 0.3) is 11.1 Å².